The van der Waals surface area contributed by atoms with E-state index in [1.807, 2.05) is 31.8 Å². The number of hydrogen-bond donors (Lipinski definition) is 0. The van der Waals surface area contributed by atoms with E-state index in [9.17, 15) is 4.79 Å². The van der Waals surface area contributed by atoms with Gasteiger partial charge in [0.05, 0.1) is 11.2 Å². The van der Waals surface area contributed by atoms with E-state index in [1.54, 1.807) is 22.0 Å². The first-order chi connectivity index (χ1) is 9.99. The second kappa shape index (κ2) is 6.76. The van der Waals surface area contributed by atoms with Crippen LogP contribution in [0.3, 0.4) is 0 Å². The molecule has 0 N–H and O–H groups in total. The molecule has 0 aliphatic rings. The molecule has 2 aromatic rings. The van der Waals surface area contributed by atoms with Gasteiger partial charge in [0.15, 0.2) is 0 Å². The fourth-order valence-corrected chi connectivity index (χ4v) is 2.32. The van der Waals surface area contributed by atoms with Crippen LogP contribution in [0.4, 0.5) is 0 Å². The van der Waals surface area contributed by atoms with Gasteiger partial charge in [0.25, 0.3) is 0 Å². The Morgan fingerprint density at radius 3 is 2.86 bits per heavy atom. The summed E-state index contributed by atoms with van der Waals surface area (Å²) in [5.41, 5.74) is 0. The average molecular weight is 310 g/mol. The Morgan fingerprint density at radius 2 is 2.29 bits per heavy atom. The van der Waals surface area contributed by atoms with E-state index in [4.69, 9.17) is 11.6 Å². The summed E-state index contributed by atoms with van der Waals surface area (Å²) < 4.78 is 3.58. The number of aryl methyl sites for hydroxylation is 2. The molecule has 0 saturated heterocycles. The van der Waals surface area contributed by atoms with Crippen molar-refractivity contribution in [2.24, 2.45) is 7.05 Å². The summed E-state index contributed by atoms with van der Waals surface area (Å²) >= 11 is 5.83. The summed E-state index contributed by atoms with van der Waals surface area (Å²) in [7, 11) is 3.78. The lowest BCUT2D eigenvalue weighted by molar-refractivity contribution is -0.133. The van der Waals surface area contributed by atoms with Crippen LogP contribution in [0.15, 0.2) is 24.8 Å². The summed E-state index contributed by atoms with van der Waals surface area (Å²) in [5.74, 6) is 1.05. The molecule has 0 aromatic carbocycles. The predicted octanol–water partition coefficient (Wildman–Crippen LogP) is 1.92. The molecule has 0 unspecified atom stereocenters. The highest BCUT2D eigenvalue weighted by Gasteiger charge is 2.19. The molecule has 21 heavy (non-hydrogen) atoms. The summed E-state index contributed by atoms with van der Waals surface area (Å²) in [6.07, 6.45) is 8.63. The van der Waals surface area contributed by atoms with E-state index in [-0.39, 0.29) is 11.9 Å². The van der Waals surface area contributed by atoms with Crippen molar-refractivity contribution in [1.82, 2.24) is 24.2 Å². The maximum Gasteiger partial charge on any atom is 0.246 e. The Balaban J connectivity index is 1.83. The zero-order chi connectivity index (χ0) is 15.4. The van der Waals surface area contributed by atoms with E-state index in [0.717, 1.165) is 18.7 Å². The highest BCUT2D eigenvalue weighted by atomic mass is 35.5. The number of halogens is 1. The van der Waals surface area contributed by atoms with Gasteiger partial charge < -0.3 is 9.47 Å². The number of amides is 1. The number of imidazole rings is 1. The number of carbonyl (C=O) groups excluding carboxylic acids is 1. The zero-order valence-corrected chi connectivity index (χ0v) is 13.3. The van der Waals surface area contributed by atoms with Crippen LogP contribution in [0.25, 0.3) is 0 Å². The van der Waals surface area contributed by atoms with Gasteiger partial charge in [-0.1, -0.05) is 11.6 Å². The van der Waals surface area contributed by atoms with Crippen molar-refractivity contribution < 1.29 is 4.79 Å². The van der Waals surface area contributed by atoms with Gasteiger partial charge in [0.2, 0.25) is 5.91 Å². The molecule has 6 nitrogen and oxygen atoms in total. The summed E-state index contributed by atoms with van der Waals surface area (Å²) in [5, 5.41) is 4.61. The third kappa shape index (κ3) is 3.85. The monoisotopic (exact) mass is 309 g/mol. The maximum atomic E-state index is 12.3. The Labute approximate surface area is 129 Å². The third-order valence-corrected chi connectivity index (χ3v) is 3.71. The number of carbonyl (C=O) groups is 1. The molecule has 2 rings (SSSR count). The van der Waals surface area contributed by atoms with Gasteiger partial charge in [0.1, 0.15) is 11.9 Å². The molecule has 0 radical (unpaired) electrons. The summed E-state index contributed by atoms with van der Waals surface area (Å²) in [6.45, 7) is 2.51. The second-order valence-corrected chi connectivity index (χ2v) is 5.57. The first kappa shape index (κ1) is 15.6. The summed E-state index contributed by atoms with van der Waals surface area (Å²) in [6, 6.07) is -0.351. The van der Waals surface area contributed by atoms with Crippen LogP contribution in [-0.4, -0.2) is 43.7 Å². The molecule has 114 valence electrons. The van der Waals surface area contributed by atoms with Crippen LogP contribution in [0.2, 0.25) is 5.02 Å². The molecular formula is C14H20ClN5O. The van der Waals surface area contributed by atoms with Gasteiger partial charge in [-0.3, -0.25) is 9.48 Å². The molecule has 2 heterocycles. The SMILES string of the molecule is C[C@@H](C(=O)N(C)CCCc1nccn1C)n1cc(Cl)cn1. The molecular weight excluding hydrogens is 290 g/mol. The largest absolute Gasteiger partial charge is 0.344 e. The second-order valence-electron chi connectivity index (χ2n) is 5.13. The molecule has 7 heteroatoms. The van der Waals surface area contributed by atoms with Crippen LogP contribution in [0, 0.1) is 0 Å². The quantitative estimate of drug-likeness (QED) is 0.819. The third-order valence-electron chi connectivity index (χ3n) is 3.52. The Kier molecular flexibility index (Phi) is 5.01. The number of aromatic nitrogens is 4. The van der Waals surface area contributed by atoms with Crippen molar-refractivity contribution in [3.05, 3.63) is 35.6 Å². The number of rotatable bonds is 6. The normalized spacial score (nSPS) is 12.4. The first-order valence-electron chi connectivity index (χ1n) is 6.90. The zero-order valence-electron chi connectivity index (χ0n) is 12.5. The topological polar surface area (TPSA) is 56.0 Å². The van der Waals surface area contributed by atoms with Crippen LogP contribution < -0.4 is 0 Å². The van der Waals surface area contributed by atoms with E-state index in [0.29, 0.717) is 11.6 Å². The van der Waals surface area contributed by atoms with Crippen LogP contribution >= 0.6 is 11.6 Å². The van der Waals surface area contributed by atoms with E-state index < -0.39 is 0 Å². The van der Waals surface area contributed by atoms with E-state index in [2.05, 4.69) is 10.1 Å². The standard InChI is InChI=1S/C14H20ClN5O/c1-11(20-10-12(15)9-17-20)14(21)19(3)7-4-5-13-16-6-8-18(13)2/h6,8-11H,4-5,7H2,1-3H3/t11-/m0/s1. The van der Waals surface area contributed by atoms with Crippen LogP contribution in [-0.2, 0) is 18.3 Å². The molecule has 0 aliphatic heterocycles. The fraction of sp³-hybridized carbons (Fsp3) is 0.500. The van der Waals surface area contributed by atoms with Gasteiger partial charge in [-0.15, -0.1) is 0 Å². The Bertz CT molecular complexity index is 606. The first-order valence-corrected chi connectivity index (χ1v) is 7.27. The molecule has 2 aromatic heterocycles. The molecule has 0 spiro atoms. The smallest absolute Gasteiger partial charge is 0.246 e. The average Bonchev–Trinajstić information content (AvgIpc) is 3.06. The lowest BCUT2D eigenvalue weighted by Gasteiger charge is -2.21. The minimum absolute atomic E-state index is 0.0228. The lowest BCUT2D eigenvalue weighted by atomic mass is 10.2. The Morgan fingerprint density at radius 1 is 1.52 bits per heavy atom. The van der Waals surface area contributed by atoms with E-state index in [1.165, 1.54) is 6.20 Å². The molecule has 0 fully saturated rings. The van der Waals surface area contributed by atoms with Crippen LogP contribution in [0.5, 0.6) is 0 Å². The van der Waals surface area contributed by atoms with Crippen molar-refractivity contribution in [1.29, 1.82) is 0 Å². The van der Waals surface area contributed by atoms with Crippen molar-refractivity contribution in [2.45, 2.75) is 25.8 Å². The highest BCUT2D eigenvalue weighted by molar-refractivity contribution is 6.30. The minimum atomic E-state index is -0.351. The van der Waals surface area contributed by atoms with Crippen molar-refractivity contribution in [3.63, 3.8) is 0 Å². The molecule has 0 aliphatic carbocycles. The van der Waals surface area contributed by atoms with Crippen LogP contribution in [0.1, 0.15) is 25.2 Å². The number of likely N-dealkylation sites (N-methyl/N-ethyl adjacent to an activating group) is 1. The molecule has 0 saturated carbocycles. The number of hydrogen-bond acceptors (Lipinski definition) is 3. The molecule has 1 atom stereocenters. The Hall–Kier alpha value is -1.82. The van der Waals surface area contributed by atoms with Gasteiger partial charge in [-0.05, 0) is 13.3 Å². The van der Waals surface area contributed by atoms with Crippen molar-refractivity contribution in [3.8, 4) is 0 Å². The number of nitrogens with zero attached hydrogens (tertiary/aromatic N) is 5. The molecule has 0 bridgehead atoms. The minimum Gasteiger partial charge on any atom is -0.344 e. The van der Waals surface area contributed by atoms with E-state index >= 15 is 0 Å². The lowest BCUT2D eigenvalue weighted by Crippen LogP contribution is -2.34. The highest BCUT2D eigenvalue weighted by Crippen LogP contribution is 2.13. The van der Waals surface area contributed by atoms with Gasteiger partial charge >= 0.3 is 0 Å². The van der Waals surface area contributed by atoms with Crippen molar-refractivity contribution in [2.75, 3.05) is 13.6 Å². The van der Waals surface area contributed by atoms with Gasteiger partial charge in [0, 0.05) is 45.7 Å². The van der Waals surface area contributed by atoms with Gasteiger partial charge in [-0.2, -0.15) is 5.10 Å². The van der Waals surface area contributed by atoms with Gasteiger partial charge in [-0.25, -0.2) is 4.98 Å². The molecule has 1 amide bonds. The maximum absolute atomic E-state index is 12.3. The summed E-state index contributed by atoms with van der Waals surface area (Å²) in [4.78, 5) is 18.3. The fourth-order valence-electron chi connectivity index (χ4n) is 2.18. The van der Waals surface area contributed by atoms with Crippen molar-refractivity contribution >= 4 is 17.5 Å². The predicted molar refractivity (Wildman–Crippen MR) is 81.1 cm³/mol.